The fourth-order valence-corrected chi connectivity index (χ4v) is 3.85. The van der Waals surface area contributed by atoms with Gasteiger partial charge in [0, 0.05) is 26.8 Å². The molecule has 28 heavy (non-hydrogen) atoms. The topological polar surface area (TPSA) is 38.3 Å². The van der Waals surface area contributed by atoms with Gasteiger partial charge in [0.15, 0.2) is 0 Å². The van der Waals surface area contributed by atoms with Crippen LogP contribution in [0.15, 0.2) is 77.7 Å². The number of carbonyl (C=O) groups is 1. The van der Waals surface area contributed by atoms with Crippen molar-refractivity contribution in [3.8, 4) is 5.75 Å². The summed E-state index contributed by atoms with van der Waals surface area (Å²) in [7, 11) is 1.65. The van der Waals surface area contributed by atoms with Gasteiger partial charge >= 0.3 is 0 Å². The molecule has 1 amide bonds. The molecule has 1 N–H and O–H groups in total. The average molecular weight is 412 g/mol. The molecule has 5 heteroatoms. The van der Waals surface area contributed by atoms with E-state index in [1.807, 2.05) is 61.5 Å². The number of nitrogens with one attached hydrogen (secondary N) is 1. The fraction of sp³-hybridized carbons (Fsp3) is 0.174. The lowest BCUT2D eigenvalue weighted by molar-refractivity contribution is 0.0939. The van der Waals surface area contributed by atoms with Crippen molar-refractivity contribution in [1.29, 1.82) is 0 Å². The maximum absolute atomic E-state index is 12.7. The van der Waals surface area contributed by atoms with Crippen molar-refractivity contribution in [3.63, 3.8) is 0 Å². The van der Waals surface area contributed by atoms with E-state index >= 15 is 0 Å². The van der Waals surface area contributed by atoms with Crippen LogP contribution in [-0.4, -0.2) is 13.0 Å². The normalized spacial score (nSPS) is 11.7. The lowest BCUT2D eigenvalue weighted by Gasteiger charge is -2.16. The van der Waals surface area contributed by atoms with E-state index in [0.717, 1.165) is 22.6 Å². The van der Waals surface area contributed by atoms with Gasteiger partial charge in [0.2, 0.25) is 0 Å². The summed E-state index contributed by atoms with van der Waals surface area (Å²) in [5.41, 5.74) is 2.61. The number of thioether (sulfide) groups is 1. The fourth-order valence-electron chi connectivity index (χ4n) is 2.83. The third-order valence-corrected chi connectivity index (χ3v) is 5.71. The van der Waals surface area contributed by atoms with Gasteiger partial charge in [-0.25, -0.2) is 0 Å². The minimum absolute atomic E-state index is 0.115. The molecule has 0 heterocycles. The molecule has 3 aromatic rings. The Morgan fingerprint density at radius 3 is 2.46 bits per heavy atom. The van der Waals surface area contributed by atoms with Gasteiger partial charge < -0.3 is 10.1 Å². The molecular weight excluding hydrogens is 390 g/mol. The molecule has 0 saturated carbocycles. The Morgan fingerprint density at radius 1 is 1.07 bits per heavy atom. The zero-order valence-electron chi connectivity index (χ0n) is 15.8. The zero-order valence-corrected chi connectivity index (χ0v) is 17.4. The number of amides is 1. The van der Waals surface area contributed by atoms with Crippen LogP contribution in [0, 0.1) is 0 Å². The number of hydrogen-bond donors (Lipinski definition) is 1. The van der Waals surface area contributed by atoms with Crippen LogP contribution < -0.4 is 10.1 Å². The Labute approximate surface area is 175 Å². The first-order chi connectivity index (χ1) is 13.6. The molecule has 1 atom stereocenters. The number of hydrogen-bond acceptors (Lipinski definition) is 3. The van der Waals surface area contributed by atoms with Gasteiger partial charge in [0.05, 0.1) is 13.2 Å². The van der Waals surface area contributed by atoms with Gasteiger partial charge in [-0.05, 0) is 55.0 Å². The molecule has 1 unspecified atom stereocenters. The first-order valence-electron chi connectivity index (χ1n) is 8.98. The van der Waals surface area contributed by atoms with Crippen molar-refractivity contribution in [1.82, 2.24) is 5.32 Å². The summed E-state index contributed by atoms with van der Waals surface area (Å²) < 4.78 is 5.47. The van der Waals surface area contributed by atoms with Crippen LogP contribution in [0.2, 0.25) is 5.02 Å². The summed E-state index contributed by atoms with van der Waals surface area (Å²) in [5.74, 6) is 1.39. The van der Waals surface area contributed by atoms with E-state index in [-0.39, 0.29) is 11.9 Å². The van der Waals surface area contributed by atoms with Gasteiger partial charge in [0.25, 0.3) is 5.91 Å². The lowest BCUT2D eigenvalue weighted by Crippen LogP contribution is -2.26. The largest absolute Gasteiger partial charge is 0.496 e. The molecule has 0 bridgehead atoms. The summed E-state index contributed by atoms with van der Waals surface area (Å²) in [4.78, 5) is 13.9. The highest BCUT2D eigenvalue weighted by Crippen LogP contribution is 2.29. The number of rotatable bonds is 7. The highest BCUT2D eigenvalue weighted by Gasteiger charge is 2.14. The number of benzene rings is 3. The highest BCUT2D eigenvalue weighted by molar-refractivity contribution is 7.98. The molecule has 3 aromatic carbocycles. The Kier molecular flexibility index (Phi) is 7.01. The molecule has 0 fully saturated rings. The molecule has 0 saturated heterocycles. The van der Waals surface area contributed by atoms with Crippen LogP contribution in [-0.2, 0) is 5.75 Å². The first-order valence-corrected chi connectivity index (χ1v) is 10.3. The second-order valence-electron chi connectivity index (χ2n) is 6.38. The minimum atomic E-state index is -0.117. The highest BCUT2D eigenvalue weighted by atomic mass is 35.5. The predicted octanol–water partition coefficient (Wildman–Crippen LogP) is 6.13. The standard InChI is InChI=1S/C23H22ClNO2S/c1-16(17-8-11-20(24)12-9-17)25-23(26)18-10-13-22(27-2)19(14-18)15-28-21-6-4-3-5-7-21/h3-14,16H,15H2,1-2H3,(H,25,26). The van der Waals surface area contributed by atoms with E-state index in [1.54, 1.807) is 24.9 Å². The third kappa shape index (κ3) is 5.31. The van der Waals surface area contributed by atoms with Crippen LogP contribution in [0.3, 0.4) is 0 Å². The Morgan fingerprint density at radius 2 is 1.79 bits per heavy atom. The summed E-state index contributed by atoms with van der Waals surface area (Å²) in [6.45, 7) is 1.96. The molecule has 0 radical (unpaired) electrons. The van der Waals surface area contributed by atoms with Gasteiger partial charge in [-0.15, -0.1) is 11.8 Å². The molecule has 3 rings (SSSR count). The quantitative estimate of drug-likeness (QED) is 0.475. The monoisotopic (exact) mass is 411 g/mol. The lowest BCUT2D eigenvalue weighted by atomic mass is 10.1. The second-order valence-corrected chi connectivity index (χ2v) is 7.86. The van der Waals surface area contributed by atoms with Crippen LogP contribution in [0.4, 0.5) is 0 Å². The number of carbonyl (C=O) groups excluding carboxylic acids is 1. The first kappa shape index (κ1) is 20.3. The molecule has 0 aliphatic heterocycles. The van der Waals surface area contributed by atoms with Gasteiger partial charge in [-0.2, -0.15) is 0 Å². The van der Waals surface area contributed by atoms with Crippen LogP contribution in [0.1, 0.15) is 34.5 Å². The van der Waals surface area contributed by atoms with E-state index in [2.05, 4.69) is 17.4 Å². The summed E-state index contributed by atoms with van der Waals surface area (Å²) in [6.07, 6.45) is 0. The zero-order chi connectivity index (χ0) is 19.9. The van der Waals surface area contributed by atoms with E-state index in [1.165, 1.54) is 4.90 Å². The van der Waals surface area contributed by atoms with Gasteiger partial charge in [0.1, 0.15) is 5.75 Å². The second kappa shape index (κ2) is 9.67. The Balaban J connectivity index is 1.72. The van der Waals surface area contributed by atoms with E-state index in [4.69, 9.17) is 16.3 Å². The third-order valence-electron chi connectivity index (χ3n) is 4.40. The molecular formula is C23H22ClNO2S. The molecule has 0 aliphatic rings. The maximum Gasteiger partial charge on any atom is 0.251 e. The summed E-state index contributed by atoms with van der Waals surface area (Å²) >= 11 is 7.65. The Bertz CT molecular complexity index is 929. The van der Waals surface area contributed by atoms with Crippen molar-refractivity contribution < 1.29 is 9.53 Å². The van der Waals surface area contributed by atoms with Gasteiger partial charge in [-0.1, -0.05) is 41.9 Å². The van der Waals surface area contributed by atoms with Crippen molar-refractivity contribution in [2.24, 2.45) is 0 Å². The number of halogens is 1. The van der Waals surface area contributed by atoms with Crippen molar-refractivity contribution in [2.45, 2.75) is 23.6 Å². The van der Waals surface area contributed by atoms with Crippen molar-refractivity contribution in [3.05, 3.63) is 94.5 Å². The van der Waals surface area contributed by atoms with E-state index in [9.17, 15) is 4.79 Å². The summed E-state index contributed by atoms with van der Waals surface area (Å²) in [5, 5.41) is 3.72. The van der Waals surface area contributed by atoms with Crippen LogP contribution in [0.5, 0.6) is 5.75 Å². The molecule has 144 valence electrons. The van der Waals surface area contributed by atoms with E-state index < -0.39 is 0 Å². The molecule has 0 aromatic heterocycles. The number of methoxy groups -OCH3 is 1. The van der Waals surface area contributed by atoms with E-state index in [0.29, 0.717) is 10.6 Å². The summed E-state index contributed by atoms with van der Waals surface area (Å²) in [6, 6.07) is 23.1. The molecule has 3 nitrogen and oxygen atoms in total. The predicted molar refractivity (Wildman–Crippen MR) is 116 cm³/mol. The SMILES string of the molecule is COc1ccc(C(=O)NC(C)c2ccc(Cl)cc2)cc1CSc1ccccc1. The van der Waals surface area contributed by atoms with Crippen LogP contribution >= 0.6 is 23.4 Å². The van der Waals surface area contributed by atoms with Crippen molar-refractivity contribution >= 4 is 29.3 Å². The van der Waals surface area contributed by atoms with Gasteiger partial charge in [-0.3, -0.25) is 4.79 Å². The Hall–Kier alpha value is -2.43. The smallest absolute Gasteiger partial charge is 0.251 e. The number of ether oxygens (including phenoxy) is 1. The van der Waals surface area contributed by atoms with Crippen molar-refractivity contribution in [2.75, 3.05) is 7.11 Å². The molecule has 0 aliphatic carbocycles. The average Bonchev–Trinajstić information content (AvgIpc) is 2.73. The maximum atomic E-state index is 12.7. The minimum Gasteiger partial charge on any atom is -0.496 e. The van der Waals surface area contributed by atoms with Crippen LogP contribution in [0.25, 0.3) is 0 Å². The molecule has 0 spiro atoms.